The number of fused-ring (bicyclic) bond motifs is 3. The second-order valence-corrected chi connectivity index (χ2v) is 5.84. The Morgan fingerprint density at radius 2 is 2.28 bits per heavy atom. The smallest absolute Gasteiger partial charge is 0.370 e. The Bertz CT molecular complexity index is 611. The van der Waals surface area contributed by atoms with Gasteiger partial charge in [0.15, 0.2) is 12.0 Å². The zero-order chi connectivity index (χ0) is 12.9. The second kappa shape index (κ2) is 3.81. The van der Waals surface area contributed by atoms with Crippen molar-refractivity contribution in [3.05, 3.63) is 42.0 Å². The van der Waals surface area contributed by atoms with E-state index in [9.17, 15) is 8.42 Å². The van der Waals surface area contributed by atoms with Crippen LogP contribution in [0.2, 0.25) is 0 Å². The Labute approximate surface area is 106 Å². The SMILES string of the molecule is C=C[C@@H]1CO[C@H]2c3cc(C)ccc3OS(=O)(=O)N12. The highest BCUT2D eigenvalue weighted by Gasteiger charge is 2.48. The maximum absolute atomic E-state index is 12.1. The molecular formula is C12H13NO4S. The van der Waals surface area contributed by atoms with Gasteiger partial charge in [0.2, 0.25) is 0 Å². The lowest BCUT2D eigenvalue weighted by molar-refractivity contribution is 0.0576. The van der Waals surface area contributed by atoms with Crippen molar-refractivity contribution in [1.82, 2.24) is 4.31 Å². The van der Waals surface area contributed by atoms with Gasteiger partial charge in [-0.2, -0.15) is 8.42 Å². The van der Waals surface area contributed by atoms with Crippen LogP contribution >= 0.6 is 0 Å². The summed E-state index contributed by atoms with van der Waals surface area (Å²) >= 11 is 0. The summed E-state index contributed by atoms with van der Waals surface area (Å²) < 4.78 is 36.0. The van der Waals surface area contributed by atoms with Gasteiger partial charge in [-0.25, -0.2) is 0 Å². The molecule has 2 aliphatic heterocycles. The van der Waals surface area contributed by atoms with Gasteiger partial charge in [0.25, 0.3) is 0 Å². The highest BCUT2D eigenvalue weighted by Crippen LogP contribution is 2.43. The topological polar surface area (TPSA) is 55.8 Å². The Morgan fingerprint density at radius 1 is 1.50 bits per heavy atom. The van der Waals surface area contributed by atoms with Crippen LogP contribution in [0.5, 0.6) is 5.75 Å². The van der Waals surface area contributed by atoms with Crippen molar-refractivity contribution in [2.45, 2.75) is 19.2 Å². The molecule has 2 atom stereocenters. The molecule has 2 aliphatic rings. The minimum absolute atomic E-state index is 0.296. The molecule has 0 saturated carbocycles. The molecule has 0 radical (unpaired) electrons. The summed E-state index contributed by atoms with van der Waals surface area (Å²) in [6, 6.07) is 4.97. The van der Waals surface area contributed by atoms with E-state index in [2.05, 4.69) is 6.58 Å². The van der Waals surface area contributed by atoms with Crippen molar-refractivity contribution < 1.29 is 17.3 Å². The van der Waals surface area contributed by atoms with E-state index in [1.165, 1.54) is 4.31 Å². The zero-order valence-electron chi connectivity index (χ0n) is 9.87. The summed E-state index contributed by atoms with van der Waals surface area (Å²) in [7, 11) is -3.81. The molecule has 1 aromatic carbocycles. The molecule has 0 unspecified atom stereocenters. The van der Waals surface area contributed by atoms with Crippen LogP contribution in [0, 0.1) is 6.92 Å². The summed E-state index contributed by atoms with van der Waals surface area (Å²) in [5.41, 5.74) is 1.77. The Balaban J connectivity index is 2.17. The fraction of sp³-hybridized carbons (Fsp3) is 0.333. The number of rotatable bonds is 1. The van der Waals surface area contributed by atoms with Crippen LogP contribution in [-0.4, -0.2) is 25.4 Å². The van der Waals surface area contributed by atoms with Gasteiger partial charge < -0.3 is 8.92 Å². The van der Waals surface area contributed by atoms with E-state index in [1.807, 2.05) is 19.1 Å². The van der Waals surface area contributed by atoms with Crippen LogP contribution in [0.4, 0.5) is 0 Å². The predicted molar refractivity (Wildman–Crippen MR) is 65.2 cm³/mol. The summed E-state index contributed by atoms with van der Waals surface area (Å²) in [6.45, 7) is 5.87. The molecule has 0 bridgehead atoms. The number of nitrogens with zero attached hydrogens (tertiary/aromatic N) is 1. The monoisotopic (exact) mass is 267 g/mol. The molecule has 96 valence electrons. The fourth-order valence-corrected chi connectivity index (χ4v) is 3.64. The van der Waals surface area contributed by atoms with E-state index >= 15 is 0 Å². The Kier molecular flexibility index (Phi) is 2.48. The first-order valence-electron chi connectivity index (χ1n) is 5.60. The van der Waals surface area contributed by atoms with E-state index in [-0.39, 0.29) is 6.04 Å². The molecule has 0 N–H and O–H groups in total. The third-order valence-electron chi connectivity index (χ3n) is 3.14. The standard InChI is InChI=1S/C12H13NO4S/c1-3-9-7-16-12-10-6-8(2)4-5-11(10)17-18(14,15)13(9)12/h3-6,9,12H,1,7H2,2H3/t9-,12+/m1/s1. The van der Waals surface area contributed by atoms with Gasteiger partial charge in [0, 0.05) is 5.56 Å². The Hall–Kier alpha value is -1.37. The predicted octanol–water partition coefficient (Wildman–Crippen LogP) is 1.52. The van der Waals surface area contributed by atoms with E-state index in [0.717, 1.165) is 11.1 Å². The molecule has 1 saturated heterocycles. The van der Waals surface area contributed by atoms with Crippen LogP contribution < -0.4 is 4.18 Å². The first kappa shape index (κ1) is 11.7. The molecule has 1 fully saturated rings. The summed E-state index contributed by atoms with van der Waals surface area (Å²) in [5.74, 6) is 0.339. The molecule has 0 aliphatic carbocycles. The first-order valence-corrected chi connectivity index (χ1v) is 6.97. The lowest BCUT2D eigenvalue weighted by Gasteiger charge is -2.31. The first-order chi connectivity index (χ1) is 8.53. The van der Waals surface area contributed by atoms with Crippen molar-refractivity contribution in [3.63, 3.8) is 0 Å². The number of benzene rings is 1. The average molecular weight is 267 g/mol. The van der Waals surface area contributed by atoms with Gasteiger partial charge in [-0.1, -0.05) is 17.7 Å². The second-order valence-electron chi connectivity index (χ2n) is 4.40. The van der Waals surface area contributed by atoms with Crippen molar-refractivity contribution in [1.29, 1.82) is 0 Å². The van der Waals surface area contributed by atoms with Crippen LogP contribution in [0.1, 0.15) is 17.4 Å². The molecule has 0 aromatic heterocycles. The molecule has 0 spiro atoms. The minimum Gasteiger partial charge on any atom is -0.370 e. The van der Waals surface area contributed by atoms with Crippen LogP contribution in [-0.2, 0) is 15.0 Å². The maximum atomic E-state index is 12.1. The summed E-state index contributed by atoms with van der Waals surface area (Å²) in [5, 5.41) is 0. The van der Waals surface area contributed by atoms with Crippen LogP contribution in [0.15, 0.2) is 30.9 Å². The molecular weight excluding hydrogens is 254 g/mol. The number of hydrogen-bond acceptors (Lipinski definition) is 4. The highest BCUT2D eigenvalue weighted by molar-refractivity contribution is 7.84. The van der Waals surface area contributed by atoms with Gasteiger partial charge in [0.1, 0.15) is 0 Å². The molecule has 2 heterocycles. The quantitative estimate of drug-likeness (QED) is 0.724. The van der Waals surface area contributed by atoms with Crippen molar-refractivity contribution in [3.8, 4) is 5.75 Å². The van der Waals surface area contributed by atoms with Crippen molar-refractivity contribution in [2.75, 3.05) is 6.61 Å². The van der Waals surface area contributed by atoms with Crippen molar-refractivity contribution >= 4 is 10.3 Å². The molecule has 0 amide bonds. The van der Waals surface area contributed by atoms with E-state index < -0.39 is 16.5 Å². The normalized spacial score (nSPS) is 29.2. The van der Waals surface area contributed by atoms with Gasteiger partial charge in [-0.3, -0.25) is 0 Å². The van der Waals surface area contributed by atoms with E-state index in [0.29, 0.717) is 12.4 Å². The summed E-state index contributed by atoms with van der Waals surface area (Å²) in [4.78, 5) is 0. The number of ether oxygens (including phenoxy) is 1. The highest BCUT2D eigenvalue weighted by atomic mass is 32.2. The van der Waals surface area contributed by atoms with Crippen molar-refractivity contribution in [2.24, 2.45) is 0 Å². The number of hydrogen-bond donors (Lipinski definition) is 0. The molecule has 18 heavy (non-hydrogen) atoms. The van der Waals surface area contributed by atoms with E-state index in [1.54, 1.807) is 12.1 Å². The molecule has 1 aromatic rings. The molecule has 3 rings (SSSR count). The van der Waals surface area contributed by atoms with Crippen LogP contribution in [0.3, 0.4) is 0 Å². The van der Waals surface area contributed by atoms with Gasteiger partial charge in [-0.15, -0.1) is 10.9 Å². The third kappa shape index (κ3) is 1.57. The van der Waals surface area contributed by atoms with Gasteiger partial charge in [0.05, 0.1) is 12.6 Å². The molecule has 5 nitrogen and oxygen atoms in total. The minimum atomic E-state index is -3.81. The maximum Gasteiger partial charge on any atom is 0.388 e. The van der Waals surface area contributed by atoms with Gasteiger partial charge in [-0.05, 0) is 19.1 Å². The zero-order valence-corrected chi connectivity index (χ0v) is 10.7. The lowest BCUT2D eigenvalue weighted by atomic mass is 10.1. The largest absolute Gasteiger partial charge is 0.388 e. The molecule has 6 heteroatoms. The summed E-state index contributed by atoms with van der Waals surface area (Å²) in [6.07, 6.45) is 0.948. The van der Waals surface area contributed by atoms with E-state index in [4.69, 9.17) is 8.92 Å². The Morgan fingerprint density at radius 3 is 3.00 bits per heavy atom. The number of aryl methyl sites for hydroxylation is 1. The third-order valence-corrected chi connectivity index (χ3v) is 4.51. The van der Waals surface area contributed by atoms with Crippen LogP contribution in [0.25, 0.3) is 0 Å². The average Bonchev–Trinajstić information content (AvgIpc) is 2.75. The van der Waals surface area contributed by atoms with Gasteiger partial charge >= 0.3 is 10.3 Å². The lowest BCUT2D eigenvalue weighted by Crippen LogP contribution is -2.42. The fourth-order valence-electron chi connectivity index (χ4n) is 2.29.